The van der Waals surface area contributed by atoms with E-state index in [1.165, 1.54) is 12.8 Å². The standard InChI is InChI=1S/C14H23N3O2S/c1-10(9-12-5-4-8-16-12)17-13-6-3-7-14(11(13)2)20(15,18)19/h3,6-7,10,12,16-17H,4-5,8-9H2,1-2H3,(H2,15,18,19). The average Bonchev–Trinajstić information content (AvgIpc) is 2.83. The molecule has 0 aliphatic carbocycles. The summed E-state index contributed by atoms with van der Waals surface area (Å²) in [5.41, 5.74) is 1.52. The van der Waals surface area contributed by atoms with Crippen molar-refractivity contribution in [3.63, 3.8) is 0 Å². The van der Waals surface area contributed by atoms with Crippen LogP contribution < -0.4 is 15.8 Å². The van der Waals surface area contributed by atoms with Gasteiger partial charge in [-0.2, -0.15) is 0 Å². The number of sulfonamides is 1. The van der Waals surface area contributed by atoms with Crippen LogP contribution >= 0.6 is 0 Å². The minimum Gasteiger partial charge on any atom is -0.382 e. The summed E-state index contributed by atoms with van der Waals surface area (Å²) in [6.07, 6.45) is 3.47. The number of nitrogens with two attached hydrogens (primary N) is 1. The largest absolute Gasteiger partial charge is 0.382 e. The number of hydrogen-bond acceptors (Lipinski definition) is 4. The third-order valence-corrected chi connectivity index (χ3v) is 4.85. The SMILES string of the molecule is Cc1c(NC(C)CC2CCCN2)cccc1S(N)(=O)=O. The number of anilines is 1. The van der Waals surface area contributed by atoms with Gasteiger partial charge in [0.2, 0.25) is 10.0 Å². The third kappa shape index (κ3) is 3.71. The summed E-state index contributed by atoms with van der Waals surface area (Å²) in [4.78, 5) is 0.189. The summed E-state index contributed by atoms with van der Waals surface area (Å²) in [5.74, 6) is 0. The second-order valence-corrected chi connectivity index (χ2v) is 7.08. The number of rotatable bonds is 5. The van der Waals surface area contributed by atoms with Gasteiger partial charge in [-0.15, -0.1) is 0 Å². The first-order valence-corrected chi connectivity index (χ1v) is 8.55. The van der Waals surface area contributed by atoms with Crippen LogP contribution in [0.2, 0.25) is 0 Å². The highest BCUT2D eigenvalue weighted by molar-refractivity contribution is 7.89. The molecule has 2 atom stereocenters. The van der Waals surface area contributed by atoms with Crippen LogP contribution in [-0.4, -0.2) is 27.0 Å². The molecule has 1 aliphatic heterocycles. The van der Waals surface area contributed by atoms with E-state index in [0.717, 1.165) is 18.7 Å². The van der Waals surface area contributed by atoms with E-state index in [2.05, 4.69) is 17.6 Å². The number of primary sulfonamides is 1. The minimum absolute atomic E-state index is 0.189. The van der Waals surface area contributed by atoms with Crippen LogP contribution in [0.25, 0.3) is 0 Å². The zero-order valence-electron chi connectivity index (χ0n) is 12.0. The first kappa shape index (κ1) is 15.3. The molecule has 1 aromatic rings. The zero-order chi connectivity index (χ0) is 14.8. The first-order valence-electron chi connectivity index (χ1n) is 7.00. The topological polar surface area (TPSA) is 84.2 Å². The Hall–Kier alpha value is -1.11. The van der Waals surface area contributed by atoms with Gasteiger partial charge < -0.3 is 10.6 Å². The molecule has 0 spiro atoms. The molecule has 0 amide bonds. The van der Waals surface area contributed by atoms with Crippen LogP contribution in [-0.2, 0) is 10.0 Å². The lowest BCUT2D eigenvalue weighted by atomic mass is 10.1. The molecule has 0 aromatic heterocycles. The van der Waals surface area contributed by atoms with Crippen LogP contribution in [0.3, 0.4) is 0 Å². The molecule has 0 bridgehead atoms. The predicted octanol–water partition coefficient (Wildman–Crippen LogP) is 1.58. The Morgan fingerprint density at radius 2 is 2.25 bits per heavy atom. The molecular formula is C14H23N3O2S. The number of nitrogens with one attached hydrogen (secondary N) is 2. The Morgan fingerprint density at radius 3 is 2.85 bits per heavy atom. The smallest absolute Gasteiger partial charge is 0.238 e. The van der Waals surface area contributed by atoms with Gasteiger partial charge in [0.15, 0.2) is 0 Å². The van der Waals surface area contributed by atoms with Gasteiger partial charge in [0.05, 0.1) is 4.90 Å². The summed E-state index contributed by atoms with van der Waals surface area (Å²) in [5, 5.41) is 12.1. The van der Waals surface area contributed by atoms with E-state index in [1.54, 1.807) is 19.1 Å². The summed E-state index contributed by atoms with van der Waals surface area (Å²) in [6.45, 7) is 4.99. The lowest BCUT2D eigenvalue weighted by molar-refractivity contribution is 0.523. The molecule has 5 nitrogen and oxygen atoms in total. The second-order valence-electron chi connectivity index (χ2n) is 5.55. The van der Waals surface area contributed by atoms with Crippen LogP contribution in [0.15, 0.2) is 23.1 Å². The lowest BCUT2D eigenvalue weighted by Gasteiger charge is -2.21. The van der Waals surface area contributed by atoms with E-state index in [4.69, 9.17) is 5.14 Å². The van der Waals surface area contributed by atoms with Crippen LogP contribution in [0.5, 0.6) is 0 Å². The average molecular weight is 297 g/mol. The zero-order valence-corrected chi connectivity index (χ0v) is 12.8. The fourth-order valence-corrected chi connectivity index (χ4v) is 3.59. The van der Waals surface area contributed by atoms with E-state index in [1.807, 2.05) is 6.07 Å². The van der Waals surface area contributed by atoms with Crippen molar-refractivity contribution in [3.8, 4) is 0 Å². The number of hydrogen-bond donors (Lipinski definition) is 3. The lowest BCUT2D eigenvalue weighted by Crippen LogP contribution is -2.29. The van der Waals surface area contributed by atoms with Crippen molar-refractivity contribution in [3.05, 3.63) is 23.8 Å². The fourth-order valence-electron chi connectivity index (χ4n) is 2.79. The van der Waals surface area contributed by atoms with E-state index in [-0.39, 0.29) is 10.9 Å². The maximum Gasteiger partial charge on any atom is 0.238 e. The quantitative estimate of drug-likeness (QED) is 0.770. The Balaban J connectivity index is 2.09. The molecule has 6 heteroatoms. The Morgan fingerprint density at radius 1 is 1.50 bits per heavy atom. The molecule has 1 heterocycles. The molecule has 2 unspecified atom stereocenters. The molecule has 112 valence electrons. The van der Waals surface area contributed by atoms with Crippen molar-refractivity contribution in [1.29, 1.82) is 0 Å². The highest BCUT2D eigenvalue weighted by Gasteiger charge is 2.18. The molecule has 20 heavy (non-hydrogen) atoms. The van der Waals surface area contributed by atoms with E-state index >= 15 is 0 Å². The predicted molar refractivity (Wildman–Crippen MR) is 81.3 cm³/mol. The highest BCUT2D eigenvalue weighted by Crippen LogP contribution is 2.23. The Kier molecular flexibility index (Phi) is 4.67. The van der Waals surface area contributed by atoms with Gasteiger partial charge in [0.25, 0.3) is 0 Å². The maximum atomic E-state index is 11.5. The Labute approximate surface area is 121 Å². The van der Waals surface area contributed by atoms with Crippen molar-refractivity contribution < 1.29 is 8.42 Å². The monoisotopic (exact) mass is 297 g/mol. The summed E-state index contributed by atoms with van der Waals surface area (Å²) in [7, 11) is -3.67. The van der Waals surface area contributed by atoms with Crippen molar-refractivity contribution >= 4 is 15.7 Å². The minimum atomic E-state index is -3.67. The first-order chi connectivity index (χ1) is 9.38. The van der Waals surface area contributed by atoms with Crippen molar-refractivity contribution in [2.75, 3.05) is 11.9 Å². The molecule has 4 N–H and O–H groups in total. The molecule has 1 aliphatic rings. The van der Waals surface area contributed by atoms with Crippen molar-refractivity contribution in [1.82, 2.24) is 5.32 Å². The van der Waals surface area contributed by atoms with Gasteiger partial charge >= 0.3 is 0 Å². The molecule has 0 radical (unpaired) electrons. The third-order valence-electron chi connectivity index (χ3n) is 3.79. The summed E-state index contributed by atoms with van der Waals surface area (Å²) < 4.78 is 23.0. The van der Waals surface area contributed by atoms with Crippen LogP contribution in [0.1, 0.15) is 31.7 Å². The normalized spacial score (nSPS) is 20.9. The van der Waals surface area contributed by atoms with Gasteiger partial charge in [-0.1, -0.05) is 6.07 Å². The highest BCUT2D eigenvalue weighted by atomic mass is 32.2. The molecule has 1 fully saturated rings. The van der Waals surface area contributed by atoms with E-state index in [9.17, 15) is 8.42 Å². The molecular weight excluding hydrogens is 274 g/mol. The molecule has 1 aromatic carbocycles. The maximum absolute atomic E-state index is 11.5. The van der Waals surface area contributed by atoms with E-state index < -0.39 is 10.0 Å². The van der Waals surface area contributed by atoms with Crippen LogP contribution in [0, 0.1) is 6.92 Å². The Bertz CT molecular complexity index is 566. The van der Waals surface area contributed by atoms with Gasteiger partial charge in [0, 0.05) is 17.8 Å². The van der Waals surface area contributed by atoms with Gasteiger partial charge in [0.1, 0.15) is 0 Å². The molecule has 0 saturated carbocycles. The number of benzene rings is 1. The van der Waals surface area contributed by atoms with Crippen LogP contribution in [0.4, 0.5) is 5.69 Å². The molecule has 2 rings (SSSR count). The fraction of sp³-hybridized carbons (Fsp3) is 0.571. The second kappa shape index (κ2) is 6.11. The molecule has 1 saturated heterocycles. The van der Waals surface area contributed by atoms with Gasteiger partial charge in [-0.25, -0.2) is 13.6 Å². The summed E-state index contributed by atoms with van der Waals surface area (Å²) >= 11 is 0. The summed E-state index contributed by atoms with van der Waals surface area (Å²) in [6, 6.07) is 5.98. The van der Waals surface area contributed by atoms with Gasteiger partial charge in [-0.3, -0.25) is 0 Å². The van der Waals surface area contributed by atoms with Crippen molar-refractivity contribution in [2.24, 2.45) is 5.14 Å². The van der Waals surface area contributed by atoms with Crippen molar-refractivity contribution in [2.45, 2.75) is 50.1 Å². The van der Waals surface area contributed by atoms with Gasteiger partial charge in [-0.05, 0) is 57.4 Å². The van der Waals surface area contributed by atoms with E-state index in [0.29, 0.717) is 11.6 Å².